The SMILES string of the molecule is C[C@H](NC(=O)COC(=O)c1cncc(Br)c1)c1cccc(Cl)c1. The minimum atomic E-state index is -0.607. The average Bonchev–Trinajstić information content (AvgIpc) is 2.52. The minimum absolute atomic E-state index is 0.243. The second-order valence-electron chi connectivity index (χ2n) is 4.81. The number of hydrogen-bond donors (Lipinski definition) is 1. The number of nitrogens with zero attached hydrogens (tertiary/aromatic N) is 1. The van der Waals surface area contributed by atoms with Crippen molar-refractivity contribution in [3.63, 3.8) is 0 Å². The Labute approximate surface area is 147 Å². The number of ether oxygens (including phenoxy) is 1. The van der Waals surface area contributed by atoms with Gasteiger partial charge >= 0.3 is 5.97 Å². The molecule has 1 heterocycles. The molecule has 1 aromatic carbocycles. The third-order valence-corrected chi connectivity index (χ3v) is 3.67. The molecule has 1 amide bonds. The number of benzene rings is 1. The van der Waals surface area contributed by atoms with Crippen LogP contribution in [-0.2, 0) is 9.53 Å². The van der Waals surface area contributed by atoms with Gasteiger partial charge in [0, 0.05) is 21.9 Å². The predicted octanol–water partition coefficient (Wildman–Crippen LogP) is 3.53. The van der Waals surface area contributed by atoms with Gasteiger partial charge in [0.15, 0.2) is 6.61 Å². The molecular formula is C16H14BrClN2O3. The Hall–Kier alpha value is -1.92. The Kier molecular flexibility index (Phi) is 6.12. The number of nitrogens with one attached hydrogen (secondary N) is 1. The number of carbonyl (C=O) groups is 2. The minimum Gasteiger partial charge on any atom is -0.452 e. The summed E-state index contributed by atoms with van der Waals surface area (Å²) in [6, 6.07) is 8.52. The quantitative estimate of drug-likeness (QED) is 0.784. The number of pyridine rings is 1. The van der Waals surface area contributed by atoms with Crippen LogP contribution >= 0.6 is 27.5 Å². The molecule has 23 heavy (non-hydrogen) atoms. The highest BCUT2D eigenvalue weighted by atomic mass is 79.9. The highest BCUT2D eigenvalue weighted by molar-refractivity contribution is 9.10. The molecule has 0 bridgehead atoms. The van der Waals surface area contributed by atoms with Crippen molar-refractivity contribution in [3.8, 4) is 0 Å². The van der Waals surface area contributed by atoms with Gasteiger partial charge in [-0.1, -0.05) is 23.7 Å². The van der Waals surface area contributed by atoms with Crippen LogP contribution in [0.3, 0.4) is 0 Å². The normalized spacial score (nSPS) is 11.6. The first kappa shape index (κ1) is 17.4. The van der Waals surface area contributed by atoms with Crippen LogP contribution in [0.25, 0.3) is 0 Å². The smallest absolute Gasteiger partial charge is 0.340 e. The van der Waals surface area contributed by atoms with Crippen molar-refractivity contribution < 1.29 is 14.3 Å². The summed E-state index contributed by atoms with van der Waals surface area (Å²) in [5.41, 5.74) is 1.14. The van der Waals surface area contributed by atoms with Gasteiger partial charge in [0.2, 0.25) is 0 Å². The zero-order valence-corrected chi connectivity index (χ0v) is 14.6. The van der Waals surface area contributed by atoms with E-state index in [2.05, 4.69) is 26.2 Å². The van der Waals surface area contributed by atoms with Gasteiger partial charge in [0.05, 0.1) is 11.6 Å². The number of rotatable bonds is 5. The number of carbonyl (C=O) groups excluding carboxylic acids is 2. The summed E-state index contributed by atoms with van der Waals surface area (Å²) in [6.45, 7) is 1.46. The van der Waals surface area contributed by atoms with Crippen molar-refractivity contribution in [2.45, 2.75) is 13.0 Å². The van der Waals surface area contributed by atoms with E-state index in [4.69, 9.17) is 16.3 Å². The summed E-state index contributed by atoms with van der Waals surface area (Å²) in [5.74, 6) is -1.00. The second-order valence-corrected chi connectivity index (χ2v) is 6.16. The number of hydrogen-bond acceptors (Lipinski definition) is 4. The van der Waals surface area contributed by atoms with Crippen LogP contribution in [0.5, 0.6) is 0 Å². The molecule has 2 rings (SSSR count). The highest BCUT2D eigenvalue weighted by Crippen LogP contribution is 2.17. The lowest BCUT2D eigenvalue weighted by molar-refractivity contribution is -0.124. The summed E-state index contributed by atoms with van der Waals surface area (Å²) >= 11 is 9.13. The number of esters is 1. The zero-order chi connectivity index (χ0) is 16.8. The van der Waals surface area contributed by atoms with Gasteiger partial charge in [-0.05, 0) is 46.6 Å². The van der Waals surface area contributed by atoms with Gasteiger partial charge in [-0.25, -0.2) is 4.79 Å². The summed E-state index contributed by atoms with van der Waals surface area (Å²) in [7, 11) is 0. The maximum atomic E-state index is 11.9. The fraction of sp³-hybridized carbons (Fsp3) is 0.188. The fourth-order valence-electron chi connectivity index (χ4n) is 1.88. The van der Waals surface area contributed by atoms with Gasteiger partial charge in [-0.15, -0.1) is 0 Å². The Balaban J connectivity index is 1.86. The lowest BCUT2D eigenvalue weighted by Crippen LogP contribution is -2.31. The van der Waals surface area contributed by atoms with E-state index < -0.39 is 11.9 Å². The summed E-state index contributed by atoms with van der Waals surface area (Å²) in [6.07, 6.45) is 2.93. The largest absolute Gasteiger partial charge is 0.452 e. The van der Waals surface area contributed by atoms with Crippen molar-refractivity contribution in [3.05, 3.63) is 63.3 Å². The summed E-state index contributed by atoms with van der Waals surface area (Å²) < 4.78 is 5.63. The highest BCUT2D eigenvalue weighted by Gasteiger charge is 2.13. The standard InChI is InChI=1S/C16H14BrClN2O3/c1-10(11-3-2-4-14(18)6-11)20-15(21)9-23-16(22)12-5-13(17)8-19-7-12/h2-8,10H,9H2,1H3,(H,20,21)/t10-/m0/s1. The first-order chi connectivity index (χ1) is 11.0. The lowest BCUT2D eigenvalue weighted by atomic mass is 10.1. The molecular weight excluding hydrogens is 384 g/mol. The fourth-order valence-corrected chi connectivity index (χ4v) is 2.44. The van der Waals surface area contributed by atoms with E-state index in [-0.39, 0.29) is 18.2 Å². The van der Waals surface area contributed by atoms with E-state index >= 15 is 0 Å². The van der Waals surface area contributed by atoms with Gasteiger partial charge in [-0.3, -0.25) is 9.78 Å². The molecule has 120 valence electrons. The van der Waals surface area contributed by atoms with E-state index in [1.165, 1.54) is 6.20 Å². The molecule has 1 N–H and O–H groups in total. The molecule has 0 radical (unpaired) electrons. The van der Waals surface area contributed by atoms with Crippen LogP contribution in [0, 0.1) is 0 Å². The first-order valence-corrected chi connectivity index (χ1v) is 7.95. The average molecular weight is 398 g/mol. The summed E-state index contributed by atoms with van der Waals surface area (Å²) in [4.78, 5) is 27.6. The van der Waals surface area contributed by atoms with Gasteiger partial charge < -0.3 is 10.1 Å². The van der Waals surface area contributed by atoms with E-state index in [0.29, 0.717) is 9.50 Å². The van der Waals surface area contributed by atoms with Crippen LogP contribution < -0.4 is 5.32 Å². The van der Waals surface area contributed by atoms with E-state index in [0.717, 1.165) is 5.56 Å². The van der Waals surface area contributed by atoms with E-state index in [1.807, 2.05) is 13.0 Å². The molecule has 0 saturated carbocycles. The van der Waals surface area contributed by atoms with Gasteiger partial charge in [-0.2, -0.15) is 0 Å². The van der Waals surface area contributed by atoms with Crippen molar-refractivity contribution in [2.75, 3.05) is 6.61 Å². The second kappa shape index (κ2) is 8.08. The molecule has 0 fully saturated rings. The molecule has 0 unspecified atom stereocenters. The Bertz CT molecular complexity index is 724. The van der Waals surface area contributed by atoms with Crippen LogP contribution in [0.2, 0.25) is 5.02 Å². The van der Waals surface area contributed by atoms with Crippen molar-refractivity contribution in [1.29, 1.82) is 0 Å². The van der Waals surface area contributed by atoms with Crippen molar-refractivity contribution in [2.24, 2.45) is 0 Å². The topological polar surface area (TPSA) is 68.3 Å². The number of halogens is 2. The molecule has 0 saturated heterocycles. The Morgan fingerprint density at radius 3 is 2.83 bits per heavy atom. The van der Waals surface area contributed by atoms with Crippen LogP contribution in [-0.4, -0.2) is 23.5 Å². The molecule has 2 aromatic rings. The maximum absolute atomic E-state index is 11.9. The zero-order valence-electron chi connectivity index (χ0n) is 12.3. The van der Waals surface area contributed by atoms with Gasteiger partial charge in [0.1, 0.15) is 0 Å². The van der Waals surface area contributed by atoms with E-state index in [9.17, 15) is 9.59 Å². The molecule has 5 nitrogen and oxygen atoms in total. The van der Waals surface area contributed by atoms with Crippen molar-refractivity contribution in [1.82, 2.24) is 10.3 Å². The summed E-state index contributed by atoms with van der Waals surface area (Å²) in [5, 5.41) is 3.34. The molecule has 0 spiro atoms. The number of aromatic nitrogens is 1. The van der Waals surface area contributed by atoms with Crippen molar-refractivity contribution >= 4 is 39.4 Å². The van der Waals surface area contributed by atoms with E-state index in [1.54, 1.807) is 30.5 Å². The monoisotopic (exact) mass is 396 g/mol. The molecule has 1 aromatic heterocycles. The molecule has 0 aliphatic carbocycles. The predicted molar refractivity (Wildman–Crippen MR) is 90.2 cm³/mol. The number of amides is 1. The van der Waals surface area contributed by atoms with Crippen LogP contribution in [0.15, 0.2) is 47.2 Å². The third-order valence-electron chi connectivity index (χ3n) is 3.00. The molecule has 7 heteroatoms. The van der Waals surface area contributed by atoms with Gasteiger partial charge in [0.25, 0.3) is 5.91 Å². The molecule has 0 aliphatic rings. The molecule has 1 atom stereocenters. The van der Waals surface area contributed by atoms with Crippen LogP contribution in [0.1, 0.15) is 28.9 Å². The Morgan fingerprint density at radius 2 is 2.13 bits per heavy atom. The Morgan fingerprint density at radius 1 is 1.35 bits per heavy atom. The molecule has 0 aliphatic heterocycles. The van der Waals surface area contributed by atoms with Crippen LogP contribution in [0.4, 0.5) is 0 Å². The lowest BCUT2D eigenvalue weighted by Gasteiger charge is -2.14. The first-order valence-electron chi connectivity index (χ1n) is 6.78. The third kappa shape index (κ3) is 5.33. The maximum Gasteiger partial charge on any atom is 0.340 e.